The fourth-order valence-corrected chi connectivity index (χ4v) is 6.25. The number of hydrogen-bond acceptors (Lipinski definition) is 7. The summed E-state index contributed by atoms with van der Waals surface area (Å²) in [7, 11) is 1.54. The second-order valence-corrected chi connectivity index (χ2v) is 10.2. The van der Waals surface area contributed by atoms with Crippen molar-refractivity contribution in [1.29, 1.82) is 0 Å². The molecule has 2 unspecified atom stereocenters. The molecular weight excluding hydrogens is 489 g/mol. The van der Waals surface area contributed by atoms with E-state index >= 15 is 0 Å². The van der Waals surface area contributed by atoms with Crippen LogP contribution in [0.5, 0.6) is 5.75 Å². The third kappa shape index (κ3) is 5.37. The maximum absolute atomic E-state index is 13.5. The monoisotopic (exact) mass is 513 g/mol. The lowest BCUT2D eigenvalue weighted by Crippen LogP contribution is -2.22. The van der Waals surface area contributed by atoms with E-state index in [-0.39, 0.29) is 10.9 Å². The first-order valence-electron chi connectivity index (χ1n) is 11.3. The number of halogens is 2. The minimum Gasteiger partial charge on any atom is -0.494 e. The van der Waals surface area contributed by atoms with E-state index in [9.17, 15) is 9.18 Å². The Morgan fingerprint density at radius 3 is 2.80 bits per heavy atom. The number of aromatic nitrogens is 2. The molecule has 2 fully saturated rings. The van der Waals surface area contributed by atoms with E-state index in [0.29, 0.717) is 33.8 Å². The number of methoxy groups -OCH3 is 1. The molecule has 1 aromatic heterocycles. The van der Waals surface area contributed by atoms with Crippen LogP contribution in [-0.4, -0.2) is 59.0 Å². The second kappa shape index (κ2) is 10.4. The van der Waals surface area contributed by atoms with Crippen molar-refractivity contribution in [3.63, 3.8) is 0 Å². The van der Waals surface area contributed by atoms with Crippen LogP contribution in [0.4, 0.5) is 21.6 Å². The largest absolute Gasteiger partial charge is 0.494 e. The highest BCUT2D eigenvalue weighted by atomic mass is 35.5. The molecular formula is C25H25ClFN5O2S. The van der Waals surface area contributed by atoms with Crippen LogP contribution >= 0.6 is 23.4 Å². The number of anilines is 3. The van der Waals surface area contributed by atoms with Gasteiger partial charge in [0.1, 0.15) is 23.7 Å². The molecule has 2 aliphatic rings. The first-order chi connectivity index (χ1) is 17.0. The van der Waals surface area contributed by atoms with Gasteiger partial charge in [-0.1, -0.05) is 17.7 Å². The topological polar surface area (TPSA) is 79.4 Å². The van der Waals surface area contributed by atoms with Gasteiger partial charge < -0.3 is 15.4 Å². The molecule has 35 heavy (non-hydrogen) atoms. The maximum atomic E-state index is 13.5. The highest BCUT2D eigenvalue weighted by molar-refractivity contribution is 7.99. The van der Waals surface area contributed by atoms with Crippen LogP contribution < -0.4 is 15.4 Å². The van der Waals surface area contributed by atoms with Crippen molar-refractivity contribution in [2.75, 3.05) is 48.9 Å². The number of hydrogen-bond donors (Lipinski definition) is 2. The summed E-state index contributed by atoms with van der Waals surface area (Å²) in [6.07, 6.45) is 4.89. The Hall–Kier alpha value is -2.88. The van der Waals surface area contributed by atoms with Gasteiger partial charge in [-0.05, 0) is 47.6 Å². The highest BCUT2D eigenvalue weighted by Gasteiger charge is 2.35. The Labute approximate surface area is 212 Å². The Kier molecular flexibility index (Phi) is 7.08. The van der Waals surface area contributed by atoms with Gasteiger partial charge in [-0.15, -0.1) is 0 Å². The molecule has 2 atom stereocenters. The zero-order chi connectivity index (χ0) is 24.4. The molecule has 7 nitrogen and oxygen atoms in total. The van der Waals surface area contributed by atoms with Gasteiger partial charge in [-0.25, -0.2) is 14.4 Å². The molecule has 2 N–H and O–H groups in total. The summed E-state index contributed by atoms with van der Waals surface area (Å²) in [6, 6.07) is 7.82. The number of thioether (sulfide) groups is 1. The van der Waals surface area contributed by atoms with Crippen molar-refractivity contribution in [3.05, 3.63) is 59.7 Å². The van der Waals surface area contributed by atoms with Crippen LogP contribution in [0.3, 0.4) is 0 Å². The molecule has 5 rings (SSSR count). The van der Waals surface area contributed by atoms with E-state index in [4.69, 9.17) is 16.3 Å². The molecule has 2 saturated heterocycles. The number of ether oxygens (including phenoxy) is 1. The summed E-state index contributed by atoms with van der Waals surface area (Å²) in [5.41, 5.74) is 1.70. The molecule has 3 aromatic rings. The molecule has 10 heteroatoms. The van der Waals surface area contributed by atoms with Gasteiger partial charge >= 0.3 is 0 Å². The Morgan fingerprint density at radius 2 is 2.06 bits per heavy atom. The van der Waals surface area contributed by atoms with Gasteiger partial charge in [-0.3, -0.25) is 9.69 Å². The molecule has 0 radical (unpaired) electrons. The summed E-state index contributed by atoms with van der Waals surface area (Å²) in [6.45, 7) is 2.98. The van der Waals surface area contributed by atoms with E-state index in [2.05, 4.69) is 25.5 Å². The zero-order valence-corrected chi connectivity index (χ0v) is 20.7. The average molecular weight is 514 g/mol. The average Bonchev–Trinajstić information content (AvgIpc) is 3.43. The molecule has 182 valence electrons. The van der Waals surface area contributed by atoms with Gasteiger partial charge in [-0.2, -0.15) is 11.8 Å². The zero-order valence-electron chi connectivity index (χ0n) is 19.1. The molecule has 2 aliphatic heterocycles. The third-order valence-corrected chi connectivity index (χ3v) is 7.96. The van der Waals surface area contributed by atoms with Crippen molar-refractivity contribution < 1.29 is 13.9 Å². The van der Waals surface area contributed by atoms with Gasteiger partial charge in [0, 0.05) is 42.9 Å². The quantitative estimate of drug-likeness (QED) is 0.432. The number of nitrogens with zero attached hydrogens (tertiary/aromatic N) is 3. The lowest BCUT2D eigenvalue weighted by molar-refractivity contribution is -0.111. The standard InChI is InChI=1S/C25H25ClFN5O2S/c1-34-23-9-21-18(25(29-14-28-21)30-17-4-5-20(27)19(26)7-17)8-22(23)31-24(33)3-2-6-32-10-15-12-35-13-16(15)11-32/h2-5,7-9,14-16H,6,10-13H2,1H3,(H,31,33)(H,28,29,30). The van der Waals surface area contributed by atoms with Gasteiger partial charge in [0.25, 0.3) is 0 Å². The fourth-order valence-electron chi connectivity index (χ4n) is 4.58. The summed E-state index contributed by atoms with van der Waals surface area (Å²) in [5, 5.41) is 6.71. The van der Waals surface area contributed by atoms with E-state index in [1.54, 1.807) is 24.3 Å². The number of fused-ring (bicyclic) bond motifs is 2. The molecule has 0 bridgehead atoms. The van der Waals surface area contributed by atoms with Crippen molar-refractivity contribution in [2.45, 2.75) is 0 Å². The number of nitrogens with one attached hydrogen (secondary N) is 2. The predicted octanol–water partition coefficient (Wildman–Crippen LogP) is 4.96. The normalized spacial score (nSPS) is 19.9. The van der Waals surface area contributed by atoms with Crippen molar-refractivity contribution in [2.24, 2.45) is 11.8 Å². The van der Waals surface area contributed by atoms with Crippen LogP contribution in [0, 0.1) is 17.7 Å². The van der Waals surface area contributed by atoms with Gasteiger partial charge in [0.15, 0.2) is 0 Å². The van der Waals surface area contributed by atoms with Crippen LogP contribution in [0.15, 0.2) is 48.8 Å². The molecule has 3 heterocycles. The van der Waals surface area contributed by atoms with Crippen molar-refractivity contribution in [1.82, 2.24) is 14.9 Å². The van der Waals surface area contributed by atoms with E-state index in [1.165, 1.54) is 37.1 Å². The minimum absolute atomic E-state index is 0.00537. The molecule has 2 aromatic carbocycles. The number of likely N-dealkylation sites (tertiary alicyclic amines) is 1. The number of amides is 1. The summed E-state index contributed by atoms with van der Waals surface area (Å²) < 4.78 is 19.0. The summed E-state index contributed by atoms with van der Waals surface area (Å²) >= 11 is 7.96. The second-order valence-electron chi connectivity index (χ2n) is 8.71. The molecule has 1 amide bonds. The molecule has 0 saturated carbocycles. The predicted molar refractivity (Wildman–Crippen MR) is 139 cm³/mol. The van der Waals surface area contributed by atoms with Crippen LogP contribution in [0.25, 0.3) is 10.9 Å². The summed E-state index contributed by atoms with van der Waals surface area (Å²) in [4.78, 5) is 23.7. The Morgan fingerprint density at radius 1 is 1.26 bits per heavy atom. The van der Waals surface area contributed by atoms with Crippen LogP contribution in [-0.2, 0) is 4.79 Å². The lowest BCUT2D eigenvalue weighted by Gasteiger charge is -2.14. The Bertz CT molecular complexity index is 1280. The maximum Gasteiger partial charge on any atom is 0.248 e. The van der Waals surface area contributed by atoms with Crippen LogP contribution in [0.1, 0.15) is 0 Å². The Balaban J connectivity index is 1.31. The number of carbonyl (C=O) groups excluding carboxylic acids is 1. The van der Waals surface area contributed by atoms with Crippen molar-refractivity contribution >= 4 is 57.4 Å². The number of benzene rings is 2. The van der Waals surface area contributed by atoms with Crippen LogP contribution in [0.2, 0.25) is 5.02 Å². The number of rotatable bonds is 7. The SMILES string of the molecule is COc1cc2ncnc(Nc3ccc(F)c(Cl)c3)c2cc1NC(=O)C=CCN1CC2CSCC2C1. The number of carbonyl (C=O) groups is 1. The molecule has 0 aliphatic carbocycles. The smallest absolute Gasteiger partial charge is 0.248 e. The van der Waals surface area contributed by atoms with E-state index in [1.807, 2.05) is 17.8 Å². The summed E-state index contributed by atoms with van der Waals surface area (Å²) in [5.74, 6) is 4.32. The lowest BCUT2D eigenvalue weighted by atomic mass is 10.0. The highest BCUT2D eigenvalue weighted by Crippen LogP contribution is 2.36. The third-order valence-electron chi connectivity index (χ3n) is 6.35. The fraction of sp³-hybridized carbons (Fsp3) is 0.320. The van der Waals surface area contributed by atoms with Crippen molar-refractivity contribution in [3.8, 4) is 5.75 Å². The van der Waals surface area contributed by atoms with Gasteiger partial charge in [0.2, 0.25) is 5.91 Å². The molecule has 0 spiro atoms. The minimum atomic E-state index is -0.501. The first kappa shape index (κ1) is 23.8. The van der Waals surface area contributed by atoms with E-state index < -0.39 is 5.82 Å². The van der Waals surface area contributed by atoms with Gasteiger partial charge in [0.05, 0.1) is 23.3 Å². The first-order valence-corrected chi connectivity index (χ1v) is 12.9. The van der Waals surface area contributed by atoms with E-state index in [0.717, 1.165) is 31.5 Å².